The Balaban J connectivity index is 2.22. The average Bonchev–Trinajstić information content (AvgIpc) is 3.09. The molecule has 2 heterocycles. The summed E-state index contributed by atoms with van der Waals surface area (Å²) in [6, 6.07) is 9.49. The van der Waals surface area contributed by atoms with Crippen molar-refractivity contribution in [3.8, 4) is 11.5 Å². The summed E-state index contributed by atoms with van der Waals surface area (Å²) >= 11 is 1.49. The first-order chi connectivity index (χ1) is 11.6. The Morgan fingerprint density at radius 3 is 2.71 bits per heavy atom. The van der Waals surface area contributed by atoms with Gasteiger partial charge in [0.2, 0.25) is 0 Å². The highest BCUT2D eigenvalue weighted by atomic mass is 32.1. The molecular weight excluding hydrogens is 324 g/mol. The standard InChI is InChI=1S/C18H18N2O3S/c1-11(2)23-15-10-13-12(9-14(15)22-3)6-7-19-17(13)18(20-21)16-5-4-8-24-16/h4-11,21H,1-3H3. The number of hydrogen-bond donors (Lipinski definition) is 1. The number of rotatable bonds is 5. The quantitative estimate of drug-likeness (QED) is 0.426. The van der Waals surface area contributed by atoms with Gasteiger partial charge in [0.1, 0.15) is 11.4 Å². The molecular formula is C18H18N2O3S. The Bertz CT molecular complexity index is 873. The summed E-state index contributed by atoms with van der Waals surface area (Å²) in [4.78, 5) is 5.28. The van der Waals surface area contributed by atoms with E-state index in [1.807, 2.05) is 49.6 Å². The molecule has 0 unspecified atom stereocenters. The van der Waals surface area contributed by atoms with Crippen LogP contribution in [0, 0.1) is 0 Å². The molecule has 0 aliphatic heterocycles. The Hall–Kier alpha value is -2.60. The molecule has 2 aromatic heterocycles. The summed E-state index contributed by atoms with van der Waals surface area (Å²) in [6.07, 6.45) is 1.71. The van der Waals surface area contributed by atoms with Crippen LogP contribution >= 0.6 is 11.3 Å². The highest BCUT2D eigenvalue weighted by Crippen LogP contribution is 2.34. The predicted molar refractivity (Wildman–Crippen MR) is 95.8 cm³/mol. The summed E-state index contributed by atoms with van der Waals surface area (Å²) in [5.74, 6) is 1.30. The monoisotopic (exact) mass is 342 g/mol. The van der Waals surface area contributed by atoms with Gasteiger partial charge in [0.25, 0.3) is 0 Å². The second kappa shape index (κ2) is 6.88. The van der Waals surface area contributed by atoms with Crippen molar-refractivity contribution in [2.45, 2.75) is 20.0 Å². The molecule has 1 aromatic carbocycles. The number of pyridine rings is 1. The van der Waals surface area contributed by atoms with E-state index in [4.69, 9.17) is 9.47 Å². The first-order valence-electron chi connectivity index (χ1n) is 7.53. The molecule has 5 nitrogen and oxygen atoms in total. The van der Waals surface area contributed by atoms with Gasteiger partial charge in [-0.25, -0.2) is 0 Å². The van der Waals surface area contributed by atoms with Gasteiger partial charge >= 0.3 is 0 Å². The molecule has 0 aliphatic rings. The molecule has 0 radical (unpaired) electrons. The number of aromatic nitrogens is 1. The van der Waals surface area contributed by atoms with Gasteiger partial charge in [-0.2, -0.15) is 0 Å². The summed E-state index contributed by atoms with van der Waals surface area (Å²) in [6.45, 7) is 3.92. The van der Waals surface area contributed by atoms with Crippen LogP contribution in [-0.2, 0) is 0 Å². The second-order valence-electron chi connectivity index (χ2n) is 5.48. The molecule has 0 atom stereocenters. The molecule has 0 aliphatic carbocycles. The molecule has 0 spiro atoms. The lowest BCUT2D eigenvalue weighted by Gasteiger charge is -2.15. The van der Waals surface area contributed by atoms with Gasteiger partial charge in [-0.05, 0) is 48.9 Å². The fourth-order valence-electron chi connectivity index (χ4n) is 2.50. The Morgan fingerprint density at radius 1 is 1.25 bits per heavy atom. The third-order valence-corrected chi connectivity index (χ3v) is 4.37. The average molecular weight is 342 g/mol. The highest BCUT2D eigenvalue weighted by Gasteiger charge is 2.17. The van der Waals surface area contributed by atoms with Crippen LogP contribution in [0.2, 0.25) is 0 Å². The van der Waals surface area contributed by atoms with E-state index in [9.17, 15) is 5.21 Å². The lowest BCUT2D eigenvalue weighted by molar-refractivity contribution is 0.230. The number of benzene rings is 1. The molecule has 3 rings (SSSR count). The Kier molecular flexibility index (Phi) is 4.66. The van der Waals surface area contributed by atoms with Crippen LogP contribution in [0.3, 0.4) is 0 Å². The van der Waals surface area contributed by atoms with Crippen LogP contribution in [0.1, 0.15) is 24.4 Å². The van der Waals surface area contributed by atoms with E-state index in [-0.39, 0.29) is 6.10 Å². The zero-order chi connectivity index (χ0) is 17.1. The smallest absolute Gasteiger partial charge is 0.162 e. The van der Waals surface area contributed by atoms with Crippen molar-refractivity contribution in [1.82, 2.24) is 4.98 Å². The van der Waals surface area contributed by atoms with E-state index in [0.717, 1.165) is 15.6 Å². The minimum absolute atomic E-state index is 0.0137. The SMILES string of the molecule is COc1cc2ccnc(C(=NO)c3cccs3)c2cc1OC(C)C. The van der Waals surface area contributed by atoms with Crippen LogP contribution in [0.4, 0.5) is 0 Å². The van der Waals surface area contributed by atoms with Crippen molar-refractivity contribution in [3.63, 3.8) is 0 Å². The normalized spacial score (nSPS) is 11.9. The van der Waals surface area contributed by atoms with E-state index >= 15 is 0 Å². The maximum Gasteiger partial charge on any atom is 0.162 e. The molecule has 3 aromatic rings. The summed E-state index contributed by atoms with van der Waals surface area (Å²) in [7, 11) is 1.61. The summed E-state index contributed by atoms with van der Waals surface area (Å²) < 4.78 is 11.3. The maximum atomic E-state index is 9.52. The van der Waals surface area contributed by atoms with Gasteiger partial charge in [-0.15, -0.1) is 11.3 Å². The van der Waals surface area contributed by atoms with Gasteiger partial charge in [-0.3, -0.25) is 4.98 Å². The fourth-order valence-corrected chi connectivity index (χ4v) is 3.21. The summed E-state index contributed by atoms with van der Waals surface area (Å²) in [5, 5.41) is 16.7. The van der Waals surface area contributed by atoms with Crippen molar-refractivity contribution >= 4 is 27.8 Å². The molecule has 0 saturated heterocycles. The van der Waals surface area contributed by atoms with Gasteiger partial charge in [0, 0.05) is 11.6 Å². The number of oxime groups is 1. The number of methoxy groups -OCH3 is 1. The molecule has 24 heavy (non-hydrogen) atoms. The first-order valence-corrected chi connectivity index (χ1v) is 8.41. The second-order valence-corrected chi connectivity index (χ2v) is 6.42. The van der Waals surface area contributed by atoms with Crippen molar-refractivity contribution in [2.75, 3.05) is 7.11 Å². The molecule has 1 N–H and O–H groups in total. The first kappa shape index (κ1) is 16.3. The van der Waals surface area contributed by atoms with Gasteiger partial charge in [-0.1, -0.05) is 11.2 Å². The molecule has 0 saturated carbocycles. The zero-order valence-corrected chi connectivity index (χ0v) is 14.5. The maximum absolute atomic E-state index is 9.52. The lowest BCUT2D eigenvalue weighted by atomic mass is 10.0. The van der Waals surface area contributed by atoms with Crippen LogP contribution in [0.25, 0.3) is 10.8 Å². The Labute approximate surface area is 144 Å². The minimum Gasteiger partial charge on any atom is -0.493 e. The fraction of sp³-hybridized carbons (Fsp3) is 0.222. The van der Waals surface area contributed by atoms with Gasteiger partial charge < -0.3 is 14.7 Å². The number of nitrogens with zero attached hydrogens (tertiary/aromatic N) is 2. The number of fused-ring (bicyclic) bond motifs is 1. The largest absolute Gasteiger partial charge is 0.493 e. The number of thiophene rings is 1. The van der Waals surface area contributed by atoms with E-state index in [1.54, 1.807) is 13.3 Å². The van der Waals surface area contributed by atoms with Gasteiger partial charge in [0.05, 0.1) is 18.1 Å². The Morgan fingerprint density at radius 2 is 2.08 bits per heavy atom. The lowest BCUT2D eigenvalue weighted by Crippen LogP contribution is -2.08. The molecule has 6 heteroatoms. The van der Waals surface area contributed by atoms with E-state index < -0.39 is 0 Å². The van der Waals surface area contributed by atoms with Crippen molar-refractivity contribution in [1.29, 1.82) is 0 Å². The number of ether oxygens (including phenoxy) is 2. The van der Waals surface area contributed by atoms with Crippen LogP contribution in [0.15, 0.2) is 47.1 Å². The third kappa shape index (κ3) is 3.05. The minimum atomic E-state index is 0.0137. The predicted octanol–water partition coefficient (Wildman–Crippen LogP) is 4.32. The molecule has 124 valence electrons. The van der Waals surface area contributed by atoms with Crippen LogP contribution in [0.5, 0.6) is 11.5 Å². The van der Waals surface area contributed by atoms with E-state index in [0.29, 0.717) is 22.9 Å². The molecule has 0 fully saturated rings. The highest BCUT2D eigenvalue weighted by molar-refractivity contribution is 7.12. The zero-order valence-electron chi connectivity index (χ0n) is 13.7. The van der Waals surface area contributed by atoms with Crippen LogP contribution < -0.4 is 9.47 Å². The molecule has 0 amide bonds. The van der Waals surface area contributed by atoms with Crippen molar-refractivity contribution < 1.29 is 14.7 Å². The summed E-state index contributed by atoms with van der Waals surface area (Å²) in [5.41, 5.74) is 1.05. The van der Waals surface area contributed by atoms with E-state index in [2.05, 4.69) is 10.1 Å². The number of hydrogen-bond acceptors (Lipinski definition) is 6. The van der Waals surface area contributed by atoms with E-state index in [1.165, 1.54) is 11.3 Å². The molecule has 0 bridgehead atoms. The van der Waals surface area contributed by atoms with Gasteiger partial charge in [0.15, 0.2) is 11.5 Å². The van der Waals surface area contributed by atoms with Crippen LogP contribution in [-0.4, -0.2) is 29.1 Å². The van der Waals surface area contributed by atoms with Crippen molar-refractivity contribution in [3.05, 3.63) is 52.5 Å². The van der Waals surface area contributed by atoms with Crippen molar-refractivity contribution in [2.24, 2.45) is 5.16 Å². The third-order valence-electron chi connectivity index (χ3n) is 3.49. The topological polar surface area (TPSA) is 63.9 Å².